The molecule has 4 nitrogen and oxygen atoms in total. The molecular weight excluding hydrogens is 260 g/mol. The summed E-state index contributed by atoms with van der Waals surface area (Å²) in [6, 6.07) is 6.08. The fourth-order valence-corrected chi connectivity index (χ4v) is 3.41. The van der Waals surface area contributed by atoms with E-state index in [1.54, 1.807) is 0 Å². The number of benzene rings is 1. The van der Waals surface area contributed by atoms with Gasteiger partial charge in [0, 0.05) is 6.04 Å². The first-order valence-electron chi connectivity index (χ1n) is 5.16. The Hall–Kier alpha value is -1.09. The summed E-state index contributed by atoms with van der Waals surface area (Å²) < 4.78 is 26.6. The Kier molecular flexibility index (Phi) is 3.13. The van der Waals surface area contributed by atoms with E-state index >= 15 is 0 Å². The van der Waals surface area contributed by atoms with Gasteiger partial charge in [0.1, 0.15) is 4.90 Å². The maximum atomic E-state index is 12.0. The van der Waals surface area contributed by atoms with E-state index in [2.05, 4.69) is 4.72 Å². The molecule has 1 aliphatic rings. The van der Waals surface area contributed by atoms with Gasteiger partial charge in [0.15, 0.2) is 0 Å². The highest BCUT2D eigenvalue weighted by Gasteiger charge is 2.37. The lowest BCUT2D eigenvalue weighted by Gasteiger charge is -2.07. The van der Waals surface area contributed by atoms with E-state index in [4.69, 9.17) is 16.9 Å². The lowest BCUT2D eigenvalue weighted by Crippen LogP contribution is -2.27. The molecule has 0 aliphatic heterocycles. The lowest BCUT2D eigenvalue weighted by molar-refractivity contribution is 0.578. The monoisotopic (exact) mass is 270 g/mol. The van der Waals surface area contributed by atoms with Gasteiger partial charge in [-0.3, -0.25) is 0 Å². The van der Waals surface area contributed by atoms with E-state index in [0.29, 0.717) is 5.92 Å². The van der Waals surface area contributed by atoms with Crippen LogP contribution in [0.4, 0.5) is 0 Å². The number of nitrogens with zero attached hydrogens (tertiary/aromatic N) is 1. The minimum atomic E-state index is -3.63. The Balaban J connectivity index is 2.35. The van der Waals surface area contributed by atoms with Crippen molar-refractivity contribution in [2.75, 3.05) is 0 Å². The summed E-state index contributed by atoms with van der Waals surface area (Å²) in [7, 11) is -3.63. The molecule has 2 rings (SSSR count). The van der Waals surface area contributed by atoms with Gasteiger partial charge in [-0.05, 0) is 30.5 Å². The predicted molar refractivity (Wildman–Crippen MR) is 64.1 cm³/mol. The molecule has 0 amide bonds. The van der Waals surface area contributed by atoms with Crippen LogP contribution in [0, 0.1) is 17.2 Å². The zero-order valence-corrected chi connectivity index (χ0v) is 10.7. The van der Waals surface area contributed by atoms with E-state index in [0.717, 1.165) is 6.42 Å². The highest BCUT2D eigenvalue weighted by molar-refractivity contribution is 7.89. The van der Waals surface area contributed by atoms with Crippen molar-refractivity contribution in [3.05, 3.63) is 28.8 Å². The smallest absolute Gasteiger partial charge is 0.208 e. The largest absolute Gasteiger partial charge is 0.242 e. The first-order valence-corrected chi connectivity index (χ1v) is 7.02. The van der Waals surface area contributed by atoms with Crippen molar-refractivity contribution in [3.63, 3.8) is 0 Å². The van der Waals surface area contributed by atoms with Crippen LogP contribution >= 0.6 is 11.6 Å². The Labute approximate surface area is 105 Å². The predicted octanol–water partition coefficient (Wildman–Crippen LogP) is 1.90. The van der Waals surface area contributed by atoms with E-state index in [9.17, 15) is 8.42 Å². The topological polar surface area (TPSA) is 70.0 Å². The van der Waals surface area contributed by atoms with Gasteiger partial charge >= 0.3 is 0 Å². The van der Waals surface area contributed by atoms with Crippen LogP contribution < -0.4 is 4.72 Å². The first-order chi connectivity index (χ1) is 7.94. The number of halogens is 1. The minimum Gasteiger partial charge on any atom is -0.208 e. The third kappa shape index (κ3) is 2.60. The average molecular weight is 271 g/mol. The second-order valence-corrected chi connectivity index (χ2v) is 6.29. The number of hydrogen-bond acceptors (Lipinski definition) is 3. The molecule has 90 valence electrons. The van der Waals surface area contributed by atoms with Gasteiger partial charge < -0.3 is 0 Å². The van der Waals surface area contributed by atoms with Crippen molar-refractivity contribution in [2.24, 2.45) is 5.92 Å². The Morgan fingerprint density at radius 3 is 2.71 bits per heavy atom. The third-order valence-electron chi connectivity index (χ3n) is 2.77. The summed E-state index contributed by atoms with van der Waals surface area (Å²) in [6.45, 7) is 1.97. The highest BCUT2D eigenvalue weighted by Crippen LogP contribution is 2.32. The summed E-state index contributed by atoms with van der Waals surface area (Å²) in [6.07, 6.45) is 0.842. The van der Waals surface area contributed by atoms with E-state index < -0.39 is 10.0 Å². The summed E-state index contributed by atoms with van der Waals surface area (Å²) >= 11 is 5.85. The number of sulfonamides is 1. The summed E-state index contributed by atoms with van der Waals surface area (Å²) in [5.74, 6) is 0.364. The van der Waals surface area contributed by atoms with Crippen LogP contribution in [0.5, 0.6) is 0 Å². The van der Waals surface area contributed by atoms with E-state index in [-0.39, 0.29) is 21.5 Å². The van der Waals surface area contributed by atoms with Crippen molar-refractivity contribution in [1.82, 2.24) is 4.72 Å². The zero-order chi connectivity index (χ0) is 12.6. The van der Waals surface area contributed by atoms with Crippen LogP contribution in [0.25, 0.3) is 0 Å². The molecule has 1 N–H and O–H groups in total. The number of rotatable bonds is 3. The molecule has 0 saturated heterocycles. The lowest BCUT2D eigenvalue weighted by atomic mass is 10.2. The van der Waals surface area contributed by atoms with Gasteiger partial charge in [-0.25, -0.2) is 13.1 Å². The molecule has 0 radical (unpaired) electrons. The molecule has 2 unspecified atom stereocenters. The van der Waals surface area contributed by atoms with Gasteiger partial charge in [-0.15, -0.1) is 0 Å². The minimum absolute atomic E-state index is 0.0122. The Morgan fingerprint density at radius 2 is 2.18 bits per heavy atom. The average Bonchev–Trinajstić information content (AvgIpc) is 2.93. The van der Waals surface area contributed by atoms with Gasteiger partial charge in [-0.1, -0.05) is 18.5 Å². The van der Waals surface area contributed by atoms with Gasteiger partial charge in [0.05, 0.1) is 16.7 Å². The second-order valence-electron chi connectivity index (χ2n) is 4.20. The van der Waals surface area contributed by atoms with Gasteiger partial charge in [-0.2, -0.15) is 5.26 Å². The van der Waals surface area contributed by atoms with Crippen LogP contribution in [-0.4, -0.2) is 14.5 Å². The zero-order valence-electron chi connectivity index (χ0n) is 9.14. The highest BCUT2D eigenvalue weighted by atomic mass is 35.5. The second kappa shape index (κ2) is 4.30. The maximum absolute atomic E-state index is 12.0. The fourth-order valence-electron chi connectivity index (χ4n) is 1.53. The van der Waals surface area contributed by atoms with E-state index in [1.165, 1.54) is 18.2 Å². The molecule has 1 aliphatic carbocycles. The van der Waals surface area contributed by atoms with Gasteiger partial charge in [0.2, 0.25) is 10.0 Å². The van der Waals surface area contributed by atoms with Crippen LogP contribution in [0.3, 0.4) is 0 Å². The third-order valence-corrected chi connectivity index (χ3v) is 4.74. The Morgan fingerprint density at radius 1 is 1.53 bits per heavy atom. The first kappa shape index (κ1) is 12.4. The molecule has 2 atom stereocenters. The summed E-state index contributed by atoms with van der Waals surface area (Å²) in [5.41, 5.74) is 0.277. The molecular formula is C11H11ClN2O2S. The molecule has 1 aromatic carbocycles. The molecule has 0 spiro atoms. The fraction of sp³-hybridized carbons (Fsp3) is 0.364. The Bertz CT molecular complexity index is 592. The molecule has 1 saturated carbocycles. The van der Waals surface area contributed by atoms with Crippen LogP contribution in [0.2, 0.25) is 5.02 Å². The molecule has 0 aromatic heterocycles. The number of hydrogen-bond donors (Lipinski definition) is 1. The van der Waals surface area contributed by atoms with Gasteiger partial charge in [0.25, 0.3) is 0 Å². The van der Waals surface area contributed by atoms with Crippen molar-refractivity contribution in [1.29, 1.82) is 5.26 Å². The SMILES string of the molecule is CC1CC1NS(=O)(=O)c1cc(C#N)ccc1Cl. The van der Waals surface area contributed by atoms with E-state index in [1.807, 2.05) is 13.0 Å². The normalized spacial score (nSPS) is 23.1. The van der Waals surface area contributed by atoms with Crippen LogP contribution in [-0.2, 0) is 10.0 Å². The number of nitriles is 1. The van der Waals surface area contributed by atoms with Crippen LogP contribution in [0.1, 0.15) is 18.9 Å². The van der Waals surface area contributed by atoms with Crippen molar-refractivity contribution < 1.29 is 8.42 Å². The molecule has 17 heavy (non-hydrogen) atoms. The summed E-state index contributed by atoms with van der Waals surface area (Å²) in [4.78, 5) is -0.0303. The molecule has 0 bridgehead atoms. The van der Waals surface area contributed by atoms with Crippen LogP contribution in [0.15, 0.2) is 23.1 Å². The molecule has 6 heteroatoms. The van der Waals surface area contributed by atoms with Crippen molar-refractivity contribution >= 4 is 21.6 Å². The molecule has 1 fully saturated rings. The van der Waals surface area contributed by atoms with Crippen molar-refractivity contribution in [2.45, 2.75) is 24.3 Å². The standard InChI is InChI=1S/C11H11ClN2O2S/c1-7-4-10(7)14-17(15,16)11-5-8(6-13)2-3-9(11)12/h2-3,5,7,10,14H,4H2,1H3. The molecule has 1 aromatic rings. The quantitative estimate of drug-likeness (QED) is 0.912. The summed E-state index contributed by atoms with van der Waals surface area (Å²) in [5, 5.41) is 8.88. The van der Waals surface area contributed by atoms with Crippen molar-refractivity contribution in [3.8, 4) is 6.07 Å². The molecule has 0 heterocycles. The number of nitrogens with one attached hydrogen (secondary N) is 1. The maximum Gasteiger partial charge on any atom is 0.242 e.